The van der Waals surface area contributed by atoms with Gasteiger partial charge in [0.1, 0.15) is 0 Å². The number of hydrogen-bond donors (Lipinski definition) is 1. The lowest BCUT2D eigenvalue weighted by Gasteiger charge is -2.31. The Morgan fingerprint density at radius 3 is 2.88 bits per heavy atom. The SMILES string of the molecule is Cn1cc([C@H]2CN(S(=O)(=O)c3cccc(C(N)=O)c3)CCO2)cn1. The van der Waals surface area contributed by atoms with Crippen molar-refractivity contribution >= 4 is 15.9 Å². The summed E-state index contributed by atoms with van der Waals surface area (Å²) in [5.74, 6) is -0.665. The summed E-state index contributed by atoms with van der Waals surface area (Å²) in [7, 11) is -1.95. The van der Waals surface area contributed by atoms with E-state index < -0.39 is 15.9 Å². The van der Waals surface area contributed by atoms with Crippen LogP contribution in [0.15, 0.2) is 41.6 Å². The van der Waals surface area contributed by atoms with Crippen LogP contribution in [0.5, 0.6) is 0 Å². The van der Waals surface area contributed by atoms with Gasteiger partial charge in [-0.1, -0.05) is 6.07 Å². The number of carbonyl (C=O) groups excluding carboxylic acids is 1. The first-order valence-corrected chi connectivity index (χ1v) is 8.82. The molecule has 1 amide bonds. The Kier molecular flexibility index (Phi) is 4.39. The van der Waals surface area contributed by atoms with Gasteiger partial charge in [0.2, 0.25) is 15.9 Å². The third-order valence-corrected chi connectivity index (χ3v) is 5.74. The molecular formula is C15H18N4O4S. The van der Waals surface area contributed by atoms with Gasteiger partial charge in [0.25, 0.3) is 0 Å². The monoisotopic (exact) mass is 350 g/mol. The van der Waals surface area contributed by atoms with Crippen LogP contribution in [-0.4, -0.2) is 48.1 Å². The van der Waals surface area contributed by atoms with E-state index in [4.69, 9.17) is 10.5 Å². The van der Waals surface area contributed by atoms with Gasteiger partial charge in [-0.15, -0.1) is 0 Å². The second-order valence-electron chi connectivity index (χ2n) is 5.56. The van der Waals surface area contributed by atoms with Crippen LogP contribution in [0, 0.1) is 0 Å². The number of rotatable bonds is 4. The third kappa shape index (κ3) is 3.18. The number of nitrogens with zero attached hydrogens (tertiary/aromatic N) is 3. The quantitative estimate of drug-likeness (QED) is 0.852. The summed E-state index contributed by atoms with van der Waals surface area (Å²) >= 11 is 0. The molecule has 128 valence electrons. The second kappa shape index (κ2) is 6.34. The summed E-state index contributed by atoms with van der Waals surface area (Å²) in [4.78, 5) is 11.3. The fraction of sp³-hybridized carbons (Fsp3) is 0.333. The fourth-order valence-corrected chi connectivity index (χ4v) is 4.08. The molecule has 1 aliphatic rings. The largest absolute Gasteiger partial charge is 0.371 e. The predicted molar refractivity (Wildman–Crippen MR) is 85.6 cm³/mol. The molecule has 0 radical (unpaired) electrons. The Balaban J connectivity index is 1.86. The van der Waals surface area contributed by atoms with Gasteiger partial charge < -0.3 is 10.5 Å². The highest BCUT2D eigenvalue weighted by Gasteiger charge is 2.32. The van der Waals surface area contributed by atoms with E-state index in [1.54, 1.807) is 24.1 Å². The molecule has 1 aliphatic heterocycles. The van der Waals surface area contributed by atoms with E-state index in [2.05, 4.69) is 5.10 Å². The zero-order valence-corrected chi connectivity index (χ0v) is 13.9. The smallest absolute Gasteiger partial charge is 0.248 e. The normalized spacial score (nSPS) is 19.3. The van der Waals surface area contributed by atoms with Crippen LogP contribution in [0.1, 0.15) is 22.0 Å². The van der Waals surface area contributed by atoms with E-state index in [1.165, 1.54) is 28.6 Å². The van der Waals surface area contributed by atoms with Gasteiger partial charge in [0.15, 0.2) is 0 Å². The maximum absolute atomic E-state index is 12.8. The number of aryl methyl sites for hydroxylation is 1. The fourth-order valence-electron chi connectivity index (χ4n) is 2.61. The maximum Gasteiger partial charge on any atom is 0.248 e. The molecule has 2 N–H and O–H groups in total. The molecule has 9 heteroatoms. The summed E-state index contributed by atoms with van der Waals surface area (Å²) in [5.41, 5.74) is 6.21. The van der Waals surface area contributed by atoms with Crippen LogP contribution in [0.4, 0.5) is 0 Å². The van der Waals surface area contributed by atoms with Crippen LogP contribution < -0.4 is 5.73 Å². The molecule has 0 aliphatic carbocycles. The Hall–Kier alpha value is -2.23. The highest BCUT2D eigenvalue weighted by atomic mass is 32.2. The molecular weight excluding hydrogens is 332 g/mol. The van der Waals surface area contributed by atoms with Crippen molar-refractivity contribution in [3.63, 3.8) is 0 Å². The molecule has 3 rings (SSSR count). The van der Waals surface area contributed by atoms with E-state index in [-0.39, 0.29) is 36.3 Å². The molecule has 24 heavy (non-hydrogen) atoms. The highest BCUT2D eigenvalue weighted by Crippen LogP contribution is 2.26. The Labute approximate surface area is 139 Å². The Bertz CT molecular complexity index is 862. The number of ether oxygens (including phenoxy) is 1. The van der Waals surface area contributed by atoms with E-state index in [0.29, 0.717) is 0 Å². The number of morpholine rings is 1. The number of amides is 1. The number of nitrogens with two attached hydrogens (primary N) is 1. The summed E-state index contributed by atoms with van der Waals surface area (Å²) < 4.78 is 34.3. The minimum Gasteiger partial charge on any atom is -0.371 e. The van der Waals surface area contributed by atoms with Gasteiger partial charge in [-0.2, -0.15) is 9.40 Å². The maximum atomic E-state index is 12.8. The third-order valence-electron chi connectivity index (χ3n) is 3.88. The van der Waals surface area contributed by atoms with Gasteiger partial charge >= 0.3 is 0 Å². The zero-order valence-electron chi connectivity index (χ0n) is 13.1. The molecule has 2 aromatic rings. The number of sulfonamides is 1. The van der Waals surface area contributed by atoms with E-state index in [9.17, 15) is 13.2 Å². The Morgan fingerprint density at radius 1 is 1.42 bits per heavy atom. The number of carbonyl (C=O) groups is 1. The first kappa shape index (κ1) is 16.6. The number of hydrogen-bond acceptors (Lipinski definition) is 5. The minimum absolute atomic E-state index is 0.0469. The van der Waals surface area contributed by atoms with E-state index >= 15 is 0 Å². The molecule has 1 saturated heterocycles. The van der Waals surface area contributed by atoms with Crippen molar-refractivity contribution in [3.8, 4) is 0 Å². The molecule has 0 unspecified atom stereocenters. The van der Waals surface area contributed by atoms with Gasteiger partial charge in [-0.3, -0.25) is 9.48 Å². The van der Waals surface area contributed by atoms with E-state index in [1.807, 2.05) is 0 Å². The molecule has 0 spiro atoms. The van der Waals surface area contributed by atoms with Crippen LogP contribution in [0.2, 0.25) is 0 Å². The minimum atomic E-state index is -3.73. The lowest BCUT2D eigenvalue weighted by Crippen LogP contribution is -2.42. The van der Waals surface area contributed by atoms with Crippen molar-refractivity contribution in [1.29, 1.82) is 0 Å². The molecule has 0 saturated carbocycles. The van der Waals surface area contributed by atoms with Crippen molar-refractivity contribution in [1.82, 2.24) is 14.1 Å². The second-order valence-corrected chi connectivity index (χ2v) is 7.50. The number of aromatic nitrogens is 2. The van der Waals surface area contributed by atoms with Crippen molar-refractivity contribution < 1.29 is 17.9 Å². The lowest BCUT2D eigenvalue weighted by atomic mass is 10.2. The van der Waals surface area contributed by atoms with Crippen LogP contribution >= 0.6 is 0 Å². The lowest BCUT2D eigenvalue weighted by molar-refractivity contribution is -0.00259. The molecule has 1 fully saturated rings. The predicted octanol–water partition coefficient (Wildman–Crippen LogP) is 0.281. The average Bonchev–Trinajstić information content (AvgIpc) is 3.01. The van der Waals surface area contributed by atoms with Gasteiger partial charge in [0, 0.05) is 37.5 Å². The van der Waals surface area contributed by atoms with E-state index in [0.717, 1.165) is 5.56 Å². The summed E-state index contributed by atoms with van der Waals surface area (Å²) in [6, 6.07) is 5.74. The van der Waals surface area contributed by atoms with Gasteiger partial charge in [-0.25, -0.2) is 8.42 Å². The summed E-state index contributed by atoms with van der Waals surface area (Å²) in [6.07, 6.45) is 3.09. The van der Waals surface area contributed by atoms with Crippen molar-refractivity contribution in [2.75, 3.05) is 19.7 Å². The highest BCUT2D eigenvalue weighted by molar-refractivity contribution is 7.89. The first-order valence-electron chi connectivity index (χ1n) is 7.38. The molecule has 1 aromatic carbocycles. The molecule has 8 nitrogen and oxygen atoms in total. The molecule has 2 heterocycles. The molecule has 0 bridgehead atoms. The molecule has 1 aromatic heterocycles. The van der Waals surface area contributed by atoms with Crippen molar-refractivity contribution in [2.24, 2.45) is 12.8 Å². The standard InChI is InChI=1S/C15H18N4O4S/c1-18-9-12(8-17-18)14-10-19(5-6-23-14)24(21,22)13-4-2-3-11(7-13)15(16)20/h2-4,7-9,14H,5-6,10H2,1H3,(H2,16,20)/t14-/m1/s1. The Morgan fingerprint density at radius 2 is 2.21 bits per heavy atom. The summed E-state index contributed by atoms with van der Waals surface area (Å²) in [5, 5.41) is 4.09. The topological polar surface area (TPSA) is 108 Å². The van der Waals surface area contributed by atoms with Gasteiger partial charge in [0.05, 0.1) is 23.8 Å². The average molecular weight is 350 g/mol. The van der Waals surface area contributed by atoms with Gasteiger partial charge in [-0.05, 0) is 18.2 Å². The number of benzene rings is 1. The first-order chi connectivity index (χ1) is 11.4. The van der Waals surface area contributed by atoms with Crippen molar-refractivity contribution in [2.45, 2.75) is 11.0 Å². The zero-order chi connectivity index (χ0) is 17.3. The van der Waals surface area contributed by atoms with Crippen LogP contribution in [0.3, 0.4) is 0 Å². The number of primary amides is 1. The molecule has 1 atom stereocenters. The van der Waals surface area contributed by atoms with Crippen LogP contribution in [0.25, 0.3) is 0 Å². The van der Waals surface area contributed by atoms with Crippen LogP contribution in [-0.2, 0) is 21.8 Å². The van der Waals surface area contributed by atoms with Crippen molar-refractivity contribution in [3.05, 3.63) is 47.8 Å². The summed E-state index contributed by atoms with van der Waals surface area (Å²) in [6.45, 7) is 0.725.